The molecule has 2 rings (SSSR count). The SMILES string of the molecule is CCN(C(=O)Cc1cccc(C)c1)C(C)c1ccccc1. The van der Waals surface area contributed by atoms with E-state index in [0.717, 1.165) is 12.1 Å². The summed E-state index contributed by atoms with van der Waals surface area (Å²) in [4.78, 5) is 14.5. The molecule has 1 unspecified atom stereocenters. The van der Waals surface area contributed by atoms with Crippen LogP contribution in [0.3, 0.4) is 0 Å². The predicted molar refractivity (Wildman–Crippen MR) is 87.1 cm³/mol. The van der Waals surface area contributed by atoms with E-state index in [1.807, 2.05) is 42.2 Å². The summed E-state index contributed by atoms with van der Waals surface area (Å²) in [6, 6.07) is 18.5. The van der Waals surface area contributed by atoms with E-state index in [2.05, 4.69) is 38.1 Å². The first-order chi connectivity index (χ1) is 10.1. The highest BCUT2D eigenvalue weighted by Gasteiger charge is 2.19. The van der Waals surface area contributed by atoms with Crippen LogP contribution in [0.1, 0.15) is 36.6 Å². The summed E-state index contributed by atoms with van der Waals surface area (Å²) in [7, 11) is 0. The van der Waals surface area contributed by atoms with Gasteiger partial charge in [-0.25, -0.2) is 0 Å². The Bertz CT molecular complexity index is 592. The molecule has 2 aromatic carbocycles. The molecule has 0 saturated carbocycles. The molecule has 1 atom stereocenters. The monoisotopic (exact) mass is 281 g/mol. The Kier molecular flexibility index (Phi) is 5.15. The van der Waals surface area contributed by atoms with Crippen molar-refractivity contribution in [2.45, 2.75) is 33.2 Å². The second-order valence-electron chi connectivity index (χ2n) is 5.43. The zero-order valence-corrected chi connectivity index (χ0v) is 13.0. The Morgan fingerprint density at radius 2 is 1.81 bits per heavy atom. The van der Waals surface area contributed by atoms with Crippen LogP contribution >= 0.6 is 0 Å². The van der Waals surface area contributed by atoms with Crippen LogP contribution in [0.5, 0.6) is 0 Å². The summed E-state index contributed by atoms with van der Waals surface area (Å²) >= 11 is 0. The Balaban J connectivity index is 2.12. The molecule has 1 amide bonds. The van der Waals surface area contributed by atoms with Gasteiger partial charge in [-0.05, 0) is 31.9 Å². The lowest BCUT2D eigenvalue weighted by molar-refractivity contribution is -0.132. The molecule has 21 heavy (non-hydrogen) atoms. The van der Waals surface area contributed by atoms with Gasteiger partial charge in [0.2, 0.25) is 5.91 Å². The predicted octanol–water partition coefficient (Wildman–Crippen LogP) is 4.15. The summed E-state index contributed by atoms with van der Waals surface area (Å²) < 4.78 is 0. The molecule has 0 aliphatic carbocycles. The minimum Gasteiger partial charge on any atom is -0.336 e. The summed E-state index contributed by atoms with van der Waals surface area (Å²) in [5.74, 6) is 0.180. The Hall–Kier alpha value is -2.09. The number of carbonyl (C=O) groups is 1. The second-order valence-corrected chi connectivity index (χ2v) is 5.43. The van der Waals surface area contributed by atoms with E-state index in [9.17, 15) is 4.79 Å². The van der Waals surface area contributed by atoms with E-state index in [-0.39, 0.29) is 11.9 Å². The highest BCUT2D eigenvalue weighted by molar-refractivity contribution is 5.79. The normalized spacial score (nSPS) is 12.0. The number of amides is 1. The molecule has 0 fully saturated rings. The second kappa shape index (κ2) is 7.07. The number of likely N-dealkylation sites (N-methyl/N-ethyl adjacent to an activating group) is 1. The molecule has 0 spiro atoms. The Morgan fingerprint density at radius 3 is 2.43 bits per heavy atom. The van der Waals surface area contributed by atoms with Crippen molar-refractivity contribution in [2.24, 2.45) is 0 Å². The standard InChI is InChI=1S/C19H23NO/c1-4-20(16(3)18-11-6-5-7-12-18)19(21)14-17-10-8-9-15(2)13-17/h5-13,16H,4,14H2,1-3H3. The van der Waals surface area contributed by atoms with Crippen molar-refractivity contribution in [3.05, 3.63) is 71.3 Å². The lowest BCUT2D eigenvalue weighted by Crippen LogP contribution is -2.34. The Morgan fingerprint density at radius 1 is 1.10 bits per heavy atom. The number of hydrogen-bond donors (Lipinski definition) is 0. The fourth-order valence-electron chi connectivity index (χ4n) is 2.68. The summed E-state index contributed by atoms with van der Waals surface area (Å²) in [5, 5.41) is 0. The van der Waals surface area contributed by atoms with Crippen molar-refractivity contribution < 1.29 is 4.79 Å². The average molecular weight is 281 g/mol. The molecule has 0 bridgehead atoms. The van der Waals surface area contributed by atoms with Gasteiger partial charge in [0.1, 0.15) is 0 Å². The summed E-state index contributed by atoms with van der Waals surface area (Å²) in [6.07, 6.45) is 0.465. The van der Waals surface area contributed by atoms with Crippen LogP contribution in [0.15, 0.2) is 54.6 Å². The first kappa shape index (κ1) is 15.3. The molecule has 110 valence electrons. The Labute approximate surface area is 127 Å². The van der Waals surface area contributed by atoms with Gasteiger partial charge in [-0.15, -0.1) is 0 Å². The highest BCUT2D eigenvalue weighted by Crippen LogP contribution is 2.20. The first-order valence-corrected chi connectivity index (χ1v) is 7.51. The molecule has 0 radical (unpaired) electrons. The third kappa shape index (κ3) is 3.94. The van der Waals surface area contributed by atoms with Gasteiger partial charge in [-0.2, -0.15) is 0 Å². The van der Waals surface area contributed by atoms with Crippen molar-refractivity contribution in [1.82, 2.24) is 4.90 Å². The van der Waals surface area contributed by atoms with E-state index < -0.39 is 0 Å². The van der Waals surface area contributed by atoms with Crippen molar-refractivity contribution >= 4 is 5.91 Å². The van der Waals surface area contributed by atoms with Crippen LogP contribution in [0.2, 0.25) is 0 Å². The smallest absolute Gasteiger partial charge is 0.227 e. The van der Waals surface area contributed by atoms with Gasteiger partial charge in [0.15, 0.2) is 0 Å². The third-order valence-electron chi connectivity index (χ3n) is 3.85. The largest absolute Gasteiger partial charge is 0.336 e. The number of rotatable bonds is 5. The van der Waals surface area contributed by atoms with Crippen LogP contribution < -0.4 is 0 Å². The molecule has 0 saturated heterocycles. The van der Waals surface area contributed by atoms with Crippen LogP contribution in [0.25, 0.3) is 0 Å². The van der Waals surface area contributed by atoms with Gasteiger partial charge < -0.3 is 4.90 Å². The van der Waals surface area contributed by atoms with Crippen molar-refractivity contribution in [1.29, 1.82) is 0 Å². The van der Waals surface area contributed by atoms with Crippen LogP contribution in [0, 0.1) is 6.92 Å². The molecule has 0 aromatic heterocycles. The molecule has 0 heterocycles. The minimum atomic E-state index is 0.105. The molecule has 2 heteroatoms. The maximum absolute atomic E-state index is 12.6. The third-order valence-corrected chi connectivity index (χ3v) is 3.85. The van der Waals surface area contributed by atoms with Crippen LogP contribution in [0.4, 0.5) is 0 Å². The van der Waals surface area contributed by atoms with Gasteiger partial charge in [-0.1, -0.05) is 60.2 Å². The lowest BCUT2D eigenvalue weighted by atomic mass is 10.0. The lowest BCUT2D eigenvalue weighted by Gasteiger charge is -2.28. The van der Waals surface area contributed by atoms with Crippen LogP contribution in [-0.4, -0.2) is 17.4 Å². The topological polar surface area (TPSA) is 20.3 Å². The summed E-state index contributed by atoms with van der Waals surface area (Å²) in [5.41, 5.74) is 3.45. The molecule has 0 aliphatic rings. The average Bonchev–Trinajstić information content (AvgIpc) is 2.48. The van der Waals surface area contributed by atoms with Gasteiger partial charge >= 0.3 is 0 Å². The van der Waals surface area contributed by atoms with Crippen molar-refractivity contribution in [3.63, 3.8) is 0 Å². The fourth-order valence-corrected chi connectivity index (χ4v) is 2.68. The van der Waals surface area contributed by atoms with Crippen molar-refractivity contribution in [2.75, 3.05) is 6.54 Å². The molecule has 2 nitrogen and oxygen atoms in total. The first-order valence-electron chi connectivity index (χ1n) is 7.51. The van der Waals surface area contributed by atoms with Gasteiger partial charge in [0, 0.05) is 6.54 Å². The molecule has 0 N–H and O–H groups in total. The van der Waals surface area contributed by atoms with Crippen LogP contribution in [-0.2, 0) is 11.2 Å². The van der Waals surface area contributed by atoms with E-state index in [1.54, 1.807) is 0 Å². The fraction of sp³-hybridized carbons (Fsp3) is 0.316. The van der Waals surface area contributed by atoms with Gasteiger partial charge in [0.25, 0.3) is 0 Å². The zero-order chi connectivity index (χ0) is 15.2. The van der Waals surface area contributed by atoms with Gasteiger partial charge in [-0.3, -0.25) is 4.79 Å². The number of aryl methyl sites for hydroxylation is 1. The molecular weight excluding hydrogens is 258 g/mol. The quantitative estimate of drug-likeness (QED) is 0.806. The minimum absolute atomic E-state index is 0.105. The maximum Gasteiger partial charge on any atom is 0.227 e. The number of benzene rings is 2. The van der Waals surface area contributed by atoms with Gasteiger partial charge in [0.05, 0.1) is 12.5 Å². The summed E-state index contributed by atoms with van der Waals surface area (Å²) in [6.45, 7) is 6.90. The van der Waals surface area contributed by atoms with Crippen molar-refractivity contribution in [3.8, 4) is 0 Å². The van der Waals surface area contributed by atoms with E-state index >= 15 is 0 Å². The van der Waals surface area contributed by atoms with E-state index in [1.165, 1.54) is 11.1 Å². The maximum atomic E-state index is 12.6. The molecule has 2 aromatic rings. The number of carbonyl (C=O) groups excluding carboxylic acids is 1. The zero-order valence-electron chi connectivity index (χ0n) is 13.0. The number of nitrogens with zero attached hydrogens (tertiary/aromatic N) is 1. The molecule has 0 aliphatic heterocycles. The number of hydrogen-bond acceptors (Lipinski definition) is 1. The van der Waals surface area contributed by atoms with E-state index in [4.69, 9.17) is 0 Å². The highest BCUT2D eigenvalue weighted by atomic mass is 16.2. The molecular formula is C19H23NO. The van der Waals surface area contributed by atoms with E-state index in [0.29, 0.717) is 6.42 Å².